The summed E-state index contributed by atoms with van der Waals surface area (Å²) in [5.74, 6) is 0.472. The van der Waals surface area contributed by atoms with Crippen molar-refractivity contribution in [3.63, 3.8) is 0 Å². The Morgan fingerprint density at radius 3 is 2.52 bits per heavy atom. The summed E-state index contributed by atoms with van der Waals surface area (Å²) < 4.78 is 0. The van der Waals surface area contributed by atoms with Crippen LogP contribution in [0, 0.1) is 11.8 Å². The Labute approximate surface area is 128 Å². The Balaban J connectivity index is 2.09. The lowest BCUT2D eigenvalue weighted by molar-refractivity contribution is -0.00860. The van der Waals surface area contributed by atoms with Crippen molar-refractivity contribution in [2.24, 2.45) is 17.6 Å². The number of nitrogens with two attached hydrogens (primary N) is 1. The molecule has 2 rings (SSSR count). The van der Waals surface area contributed by atoms with E-state index in [-0.39, 0.29) is 24.1 Å². The standard InChI is InChI=1S/C16H31N3O2/c1-18-11-13(15(20)12-7-3-2-4-8-12)14-9-5-6-10-19(14)16(17)21/h12-15,18,20H,2-11H2,1H3,(H2,17,21). The minimum absolute atomic E-state index is 0.0839. The van der Waals surface area contributed by atoms with Crippen LogP contribution in [0.4, 0.5) is 4.79 Å². The van der Waals surface area contributed by atoms with Crippen LogP contribution in [0.2, 0.25) is 0 Å². The maximum absolute atomic E-state index is 11.7. The number of likely N-dealkylation sites (tertiary alicyclic amines) is 1. The average molecular weight is 297 g/mol. The second kappa shape index (κ2) is 7.99. The summed E-state index contributed by atoms with van der Waals surface area (Å²) in [4.78, 5) is 13.5. The number of urea groups is 1. The van der Waals surface area contributed by atoms with E-state index in [0.29, 0.717) is 5.92 Å². The molecule has 1 saturated heterocycles. The second-order valence-electron chi connectivity index (χ2n) is 6.70. The zero-order chi connectivity index (χ0) is 15.2. The van der Waals surface area contributed by atoms with Crippen LogP contribution in [0.15, 0.2) is 0 Å². The molecule has 2 aliphatic rings. The van der Waals surface area contributed by atoms with E-state index in [1.807, 2.05) is 7.05 Å². The molecule has 1 aliphatic heterocycles. The first-order chi connectivity index (χ1) is 10.1. The van der Waals surface area contributed by atoms with Crippen LogP contribution in [-0.2, 0) is 0 Å². The van der Waals surface area contributed by atoms with Crippen molar-refractivity contribution in [1.29, 1.82) is 0 Å². The lowest BCUT2D eigenvalue weighted by Crippen LogP contribution is -2.55. The molecule has 0 bridgehead atoms. The Bertz CT molecular complexity index is 331. The van der Waals surface area contributed by atoms with Crippen LogP contribution in [0.1, 0.15) is 51.4 Å². The second-order valence-corrected chi connectivity index (χ2v) is 6.70. The fraction of sp³-hybridized carbons (Fsp3) is 0.938. The molecule has 5 nitrogen and oxygen atoms in total. The first-order valence-electron chi connectivity index (χ1n) is 8.54. The summed E-state index contributed by atoms with van der Waals surface area (Å²) in [6, 6.07) is -0.253. The summed E-state index contributed by atoms with van der Waals surface area (Å²) >= 11 is 0. The molecule has 2 amide bonds. The van der Waals surface area contributed by atoms with Crippen molar-refractivity contribution in [1.82, 2.24) is 10.2 Å². The number of primary amides is 1. The minimum atomic E-state index is -0.336. The zero-order valence-electron chi connectivity index (χ0n) is 13.3. The van der Waals surface area contributed by atoms with Gasteiger partial charge in [-0.05, 0) is 45.1 Å². The van der Waals surface area contributed by atoms with Gasteiger partial charge in [0.15, 0.2) is 0 Å². The quantitative estimate of drug-likeness (QED) is 0.722. The van der Waals surface area contributed by atoms with Crippen LogP contribution < -0.4 is 11.1 Å². The molecule has 5 heteroatoms. The van der Waals surface area contributed by atoms with Crippen LogP contribution in [0.5, 0.6) is 0 Å². The van der Waals surface area contributed by atoms with Crippen LogP contribution in [0.3, 0.4) is 0 Å². The van der Waals surface area contributed by atoms with Crippen LogP contribution >= 0.6 is 0 Å². The SMILES string of the molecule is CNCC(C(O)C1CCCCC1)C1CCCCN1C(N)=O. The molecule has 1 saturated carbocycles. The lowest BCUT2D eigenvalue weighted by Gasteiger charge is -2.43. The van der Waals surface area contributed by atoms with Crippen molar-refractivity contribution in [2.75, 3.05) is 20.1 Å². The number of nitrogens with zero attached hydrogens (tertiary/aromatic N) is 1. The Hall–Kier alpha value is -0.810. The molecule has 4 N–H and O–H groups in total. The van der Waals surface area contributed by atoms with Gasteiger partial charge in [0.05, 0.1) is 6.10 Å². The number of carbonyl (C=O) groups excluding carboxylic acids is 1. The Kier molecular flexibility index (Phi) is 6.30. The monoisotopic (exact) mass is 297 g/mol. The van der Waals surface area contributed by atoms with Gasteiger partial charge in [-0.2, -0.15) is 0 Å². The van der Waals surface area contributed by atoms with E-state index in [0.717, 1.165) is 45.2 Å². The average Bonchev–Trinajstić information content (AvgIpc) is 2.53. The molecule has 1 heterocycles. The van der Waals surface area contributed by atoms with E-state index in [2.05, 4.69) is 5.32 Å². The van der Waals surface area contributed by atoms with Crippen molar-refractivity contribution in [2.45, 2.75) is 63.5 Å². The zero-order valence-corrected chi connectivity index (χ0v) is 13.3. The van der Waals surface area contributed by atoms with Crippen LogP contribution in [0.25, 0.3) is 0 Å². The summed E-state index contributed by atoms with van der Waals surface area (Å²) in [5.41, 5.74) is 5.56. The highest BCUT2D eigenvalue weighted by Crippen LogP contribution is 2.34. The van der Waals surface area contributed by atoms with Gasteiger partial charge in [0.2, 0.25) is 0 Å². The maximum Gasteiger partial charge on any atom is 0.315 e. The first-order valence-corrected chi connectivity index (χ1v) is 8.54. The third kappa shape index (κ3) is 4.10. The summed E-state index contributed by atoms with van der Waals surface area (Å²) in [5, 5.41) is 14.1. The molecule has 122 valence electrons. The van der Waals surface area contributed by atoms with Crippen molar-refractivity contribution in [3.05, 3.63) is 0 Å². The molecule has 0 aromatic carbocycles. The van der Waals surface area contributed by atoms with Crippen LogP contribution in [-0.4, -0.2) is 48.3 Å². The van der Waals surface area contributed by atoms with Gasteiger partial charge >= 0.3 is 6.03 Å². The van der Waals surface area contributed by atoms with Gasteiger partial charge in [-0.15, -0.1) is 0 Å². The highest BCUT2D eigenvalue weighted by atomic mass is 16.3. The third-order valence-corrected chi connectivity index (χ3v) is 5.34. The Morgan fingerprint density at radius 1 is 1.24 bits per heavy atom. The number of aliphatic hydroxyl groups is 1. The van der Waals surface area contributed by atoms with E-state index in [1.54, 1.807) is 4.90 Å². The van der Waals surface area contributed by atoms with Gasteiger partial charge in [-0.25, -0.2) is 4.79 Å². The first kappa shape index (κ1) is 16.6. The van der Waals surface area contributed by atoms with E-state index >= 15 is 0 Å². The maximum atomic E-state index is 11.7. The molecule has 0 aromatic rings. The largest absolute Gasteiger partial charge is 0.392 e. The van der Waals surface area contributed by atoms with E-state index in [4.69, 9.17) is 5.73 Å². The number of hydrogen-bond donors (Lipinski definition) is 3. The highest BCUT2D eigenvalue weighted by molar-refractivity contribution is 5.72. The van der Waals surface area contributed by atoms with Gasteiger partial charge in [0.1, 0.15) is 0 Å². The van der Waals surface area contributed by atoms with Crippen molar-refractivity contribution < 1.29 is 9.90 Å². The third-order valence-electron chi connectivity index (χ3n) is 5.34. The fourth-order valence-corrected chi connectivity index (χ4v) is 4.22. The highest BCUT2D eigenvalue weighted by Gasteiger charge is 2.38. The number of nitrogens with one attached hydrogen (secondary N) is 1. The molecule has 3 unspecified atom stereocenters. The molecule has 0 aromatic heterocycles. The van der Waals surface area contributed by atoms with Crippen molar-refractivity contribution >= 4 is 6.03 Å². The summed E-state index contributed by atoms with van der Waals surface area (Å²) in [6.07, 6.45) is 8.72. The van der Waals surface area contributed by atoms with Gasteiger partial charge < -0.3 is 21.1 Å². The molecule has 2 fully saturated rings. The predicted molar refractivity (Wildman–Crippen MR) is 83.9 cm³/mol. The number of amides is 2. The number of carbonyl (C=O) groups is 1. The number of aliphatic hydroxyl groups excluding tert-OH is 1. The van der Waals surface area contributed by atoms with E-state index in [1.165, 1.54) is 19.3 Å². The predicted octanol–water partition coefficient (Wildman–Crippen LogP) is 1.70. The molecule has 3 atom stereocenters. The number of rotatable bonds is 5. The molecular formula is C16H31N3O2. The van der Waals surface area contributed by atoms with Gasteiger partial charge in [0, 0.05) is 25.0 Å². The smallest absolute Gasteiger partial charge is 0.315 e. The summed E-state index contributed by atoms with van der Waals surface area (Å²) in [6.45, 7) is 1.48. The molecule has 21 heavy (non-hydrogen) atoms. The topological polar surface area (TPSA) is 78.6 Å². The number of piperidine rings is 1. The van der Waals surface area contributed by atoms with Gasteiger partial charge in [0.25, 0.3) is 0 Å². The lowest BCUT2D eigenvalue weighted by atomic mass is 9.76. The van der Waals surface area contributed by atoms with Gasteiger partial charge in [-0.1, -0.05) is 19.3 Å². The molecule has 0 spiro atoms. The molecule has 1 aliphatic carbocycles. The Morgan fingerprint density at radius 2 is 1.90 bits per heavy atom. The van der Waals surface area contributed by atoms with Crippen molar-refractivity contribution in [3.8, 4) is 0 Å². The summed E-state index contributed by atoms with van der Waals surface area (Å²) in [7, 11) is 1.91. The molecule has 0 radical (unpaired) electrons. The van der Waals surface area contributed by atoms with E-state index < -0.39 is 0 Å². The normalized spacial score (nSPS) is 27.3. The fourth-order valence-electron chi connectivity index (χ4n) is 4.22. The molecular weight excluding hydrogens is 266 g/mol. The van der Waals surface area contributed by atoms with E-state index in [9.17, 15) is 9.90 Å². The number of hydrogen-bond acceptors (Lipinski definition) is 3. The van der Waals surface area contributed by atoms with Gasteiger partial charge in [-0.3, -0.25) is 0 Å². The minimum Gasteiger partial charge on any atom is -0.392 e.